The summed E-state index contributed by atoms with van der Waals surface area (Å²) >= 11 is 0. The number of benzene rings is 1. The second kappa shape index (κ2) is 7.97. The summed E-state index contributed by atoms with van der Waals surface area (Å²) in [5.41, 5.74) is 2.21. The lowest BCUT2D eigenvalue weighted by Crippen LogP contribution is -2.11. The Morgan fingerprint density at radius 1 is 0.962 bits per heavy atom. The van der Waals surface area contributed by atoms with Crippen molar-refractivity contribution in [3.8, 4) is 16.9 Å². The molecule has 0 radical (unpaired) electrons. The predicted octanol–water partition coefficient (Wildman–Crippen LogP) is 4.30. The molecule has 3 heterocycles. The average Bonchev–Trinajstić information content (AvgIpc) is 3.22. The van der Waals surface area contributed by atoms with Crippen LogP contribution in [0.1, 0.15) is 6.42 Å². The number of rotatable bonds is 6. The molecule has 1 aromatic carbocycles. The molecule has 1 unspecified atom stereocenters. The van der Waals surface area contributed by atoms with Gasteiger partial charge in [-0.1, -0.05) is 18.2 Å². The van der Waals surface area contributed by atoms with Gasteiger partial charge in [-0.2, -0.15) is 0 Å². The van der Waals surface area contributed by atoms with Crippen molar-refractivity contribution < 1.29 is 9.47 Å². The van der Waals surface area contributed by atoms with Crippen molar-refractivity contribution in [1.29, 1.82) is 0 Å². The molecule has 0 amide bonds. The summed E-state index contributed by atoms with van der Waals surface area (Å²) in [6.07, 6.45) is 4.63. The van der Waals surface area contributed by atoms with Gasteiger partial charge in [0.2, 0.25) is 0 Å². The normalized spacial score (nSPS) is 16.4. The molecule has 5 heteroatoms. The summed E-state index contributed by atoms with van der Waals surface area (Å²) in [6, 6.07) is 17.9. The molecular weight excluding hydrogens is 326 g/mol. The van der Waals surface area contributed by atoms with E-state index >= 15 is 0 Å². The lowest BCUT2D eigenvalue weighted by atomic mass is 10.1. The molecule has 1 atom stereocenters. The fourth-order valence-electron chi connectivity index (χ4n) is 2.92. The first-order valence-electron chi connectivity index (χ1n) is 8.82. The number of nitrogens with zero attached hydrogens (tertiary/aromatic N) is 2. The highest BCUT2D eigenvalue weighted by molar-refractivity contribution is 5.68. The molecule has 4 rings (SSSR count). The van der Waals surface area contributed by atoms with Gasteiger partial charge in [-0.15, -0.1) is 0 Å². The van der Waals surface area contributed by atoms with Crippen LogP contribution >= 0.6 is 0 Å². The maximum atomic E-state index is 5.87. The molecular formula is C21H21N3O2. The zero-order chi connectivity index (χ0) is 17.6. The molecule has 1 fully saturated rings. The topological polar surface area (TPSA) is 56.3 Å². The highest BCUT2D eigenvalue weighted by atomic mass is 16.5. The van der Waals surface area contributed by atoms with Gasteiger partial charge < -0.3 is 14.8 Å². The minimum Gasteiger partial charge on any atom is -0.493 e. The van der Waals surface area contributed by atoms with Crippen LogP contribution in [0.25, 0.3) is 11.1 Å². The van der Waals surface area contributed by atoms with Crippen LogP contribution < -0.4 is 10.1 Å². The first kappa shape index (κ1) is 16.5. The van der Waals surface area contributed by atoms with Crippen LogP contribution in [-0.4, -0.2) is 29.8 Å². The summed E-state index contributed by atoms with van der Waals surface area (Å²) < 4.78 is 11.3. The van der Waals surface area contributed by atoms with Crippen LogP contribution in [0.15, 0.2) is 67.0 Å². The molecule has 5 nitrogen and oxygen atoms in total. The summed E-state index contributed by atoms with van der Waals surface area (Å²) in [5, 5.41) is 3.22. The van der Waals surface area contributed by atoms with Gasteiger partial charge in [-0.25, -0.2) is 9.97 Å². The third-order valence-corrected chi connectivity index (χ3v) is 4.38. The number of anilines is 2. The van der Waals surface area contributed by atoms with E-state index in [4.69, 9.17) is 9.47 Å². The van der Waals surface area contributed by atoms with Gasteiger partial charge in [0.1, 0.15) is 17.4 Å². The third-order valence-electron chi connectivity index (χ3n) is 4.38. The Hall–Kier alpha value is -2.92. The Morgan fingerprint density at radius 2 is 1.85 bits per heavy atom. The SMILES string of the molecule is c1ccc(Nc2cc(-c3ccc(OCC4CCOC4)cc3)ccn2)nc1. The van der Waals surface area contributed by atoms with E-state index in [0.29, 0.717) is 12.5 Å². The molecule has 132 valence electrons. The minimum atomic E-state index is 0.509. The number of aromatic nitrogens is 2. The lowest BCUT2D eigenvalue weighted by molar-refractivity contribution is 0.167. The molecule has 1 aliphatic rings. The first-order chi connectivity index (χ1) is 12.9. The van der Waals surface area contributed by atoms with Gasteiger partial charge in [-0.3, -0.25) is 0 Å². The van der Waals surface area contributed by atoms with Crippen LogP contribution in [0, 0.1) is 5.92 Å². The number of nitrogens with one attached hydrogen (secondary N) is 1. The Balaban J connectivity index is 1.42. The van der Waals surface area contributed by atoms with E-state index in [1.54, 1.807) is 12.4 Å². The molecule has 0 spiro atoms. The van der Waals surface area contributed by atoms with Crippen LogP contribution in [0.4, 0.5) is 11.6 Å². The van der Waals surface area contributed by atoms with E-state index in [9.17, 15) is 0 Å². The molecule has 3 aromatic rings. The zero-order valence-electron chi connectivity index (χ0n) is 14.5. The Kier molecular flexibility index (Phi) is 5.07. The van der Waals surface area contributed by atoms with Crippen molar-refractivity contribution in [3.63, 3.8) is 0 Å². The summed E-state index contributed by atoms with van der Waals surface area (Å²) in [7, 11) is 0. The van der Waals surface area contributed by atoms with Crippen molar-refractivity contribution in [1.82, 2.24) is 9.97 Å². The first-order valence-corrected chi connectivity index (χ1v) is 8.82. The van der Waals surface area contributed by atoms with Gasteiger partial charge in [0.05, 0.1) is 13.2 Å². The molecule has 1 saturated heterocycles. The Labute approximate surface area is 153 Å². The van der Waals surface area contributed by atoms with Crippen LogP contribution in [0.5, 0.6) is 5.75 Å². The van der Waals surface area contributed by atoms with Crippen LogP contribution in [-0.2, 0) is 4.74 Å². The van der Waals surface area contributed by atoms with E-state index < -0.39 is 0 Å². The van der Waals surface area contributed by atoms with E-state index in [2.05, 4.69) is 27.4 Å². The zero-order valence-corrected chi connectivity index (χ0v) is 14.5. The van der Waals surface area contributed by atoms with Crippen molar-refractivity contribution in [2.45, 2.75) is 6.42 Å². The van der Waals surface area contributed by atoms with E-state index in [0.717, 1.165) is 48.1 Å². The Bertz CT molecular complexity index is 831. The fraction of sp³-hybridized carbons (Fsp3) is 0.238. The number of pyridine rings is 2. The third kappa shape index (κ3) is 4.18. The van der Waals surface area contributed by atoms with E-state index in [-0.39, 0.29) is 0 Å². The molecule has 1 aliphatic heterocycles. The molecule has 0 aliphatic carbocycles. The monoisotopic (exact) mass is 347 g/mol. The number of hydrogen-bond donors (Lipinski definition) is 1. The predicted molar refractivity (Wildman–Crippen MR) is 102 cm³/mol. The van der Waals surface area contributed by atoms with Crippen LogP contribution in [0.2, 0.25) is 0 Å². The van der Waals surface area contributed by atoms with Crippen LogP contribution in [0.3, 0.4) is 0 Å². The fourth-order valence-corrected chi connectivity index (χ4v) is 2.92. The summed E-state index contributed by atoms with van der Waals surface area (Å²) in [6.45, 7) is 2.37. The second-order valence-electron chi connectivity index (χ2n) is 6.33. The summed E-state index contributed by atoms with van der Waals surface area (Å²) in [4.78, 5) is 8.63. The van der Waals surface area contributed by atoms with Crippen molar-refractivity contribution in [2.24, 2.45) is 5.92 Å². The minimum absolute atomic E-state index is 0.509. The molecule has 1 N–H and O–H groups in total. The smallest absolute Gasteiger partial charge is 0.132 e. The van der Waals surface area contributed by atoms with Gasteiger partial charge in [0.15, 0.2) is 0 Å². The van der Waals surface area contributed by atoms with Crippen molar-refractivity contribution in [3.05, 3.63) is 67.0 Å². The molecule has 2 aromatic heterocycles. The van der Waals surface area contributed by atoms with E-state index in [1.807, 2.05) is 42.5 Å². The quantitative estimate of drug-likeness (QED) is 0.720. The van der Waals surface area contributed by atoms with Crippen molar-refractivity contribution >= 4 is 11.6 Å². The maximum Gasteiger partial charge on any atom is 0.132 e. The average molecular weight is 347 g/mol. The van der Waals surface area contributed by atoms with Gasteiger partial charge in [-0.05, 0) is 53.9 Å². The molecule has 0 saturated carbocycles. The highest BCUT2D eigenvalue weighted by Crippen LogP contribution is 2.25. The van der Waals surface area contributed by atoms with Crippen molar-refractivity contribution in [2.75, 3.05) is 25.1 Å². The Morgan fingerprint density at radius 3 is 2.62 bits per heavy atom. The molecule has 26 heavy (non-hydrogen) atoms. The molecule has 0 bridgehead atoms. The standard InChI is InChI=1S/C21H21N3O2/c1-2-10-22-20(3-1)24-21-13-18(8-11-23-21)17-4-6-19(7-5-17)26-15-16-9-12-25-14-16/h1-8,10-11,13,16H,9,12,14-15H2,(H,22,23,24). The number of hydrogen-bond acceptors (Lipinski definition) is 5. The second-order valence-corrected chi connectivity index (χ2v) is 6.33. The maximum absolute atomic E-state index is 5.87. The number of ether oxygens (including phenoxy) is 2. The lowest BCUT2D eigenvalue weighted by Gasteiger charge is -2.11. The highest BCUT2D eigenvalue weighted by Gasteiger charge is 2.16. The van der Waals surface area contributed by atoms with Gasteiger partial charge >= 0.3 is 0 Å². The van der Waals surface area contributed by atoms with Gasteiger partial charge in [0.25, 0.3) is 0 Å². The summed E-state index contributed by atoms with van der Waals surface area (Å²) in [5.74, 6) is 2.94. The largest absolute Gasteiger partial charge is 0.493 e. The van der Waals surface area contributed by atoms with Gasteiger partial charge in [0, 0.05) is 24.9 Å². The van der Waals surface area contributed by atoms with E-state index in [1.165, 1.54) is 0 Å².